The first-order valence-corrected chi connectivity index (χ1v) is 7.68. The SMILES string of the molecule is CNC1CCCN(C(=O)CCc2nc(C(C)(C)C)no2)C1. The molecule has 6 heteroatoms. The van der Waals surface area contributed by atoms with Gasteiger partial charge in [0, 0.05) is 37.4 Å². The fourth-order valence-electron chi connectivity index (χ4n) is 2.47. The van der Waals surface area contributed by atoms with Gasteiger partial charge in [0.1, 0.15) is 0 Å². The topological polar surface area (TPSA) is 71.3 Å². The van der Waals surface area contributed by atoms with E-state index in [-0.39, 0.29) is 11.3 Å². The number of hydrogen-bond donors (Lipinski definition) is 1. The summed E-state index contributed by atoms with van der Waals surface area (Å²) in [7, 11) is 1.95. The van der Waals surface area contributed by atoms with E-state index in [0.29, 0.717) is 30.6 Å². The summed E-state index contributed by atoms with van der Waals surface area (Å²) in [5, 5.41) is 7.23. The highest BCUT2D eigenvalue weighted by molar-refractivity contribution is 5.76. The van der Waals surface area contributed by atoms with Crippen LogP contribution in [0.4, 0.5) is 0 Å². The lowest BCUT2D eigenvalue weighted by molar-refractivity contribution is -0.132. The zero-order valence-corrected chi connectivity index (χ0v) is 13.5. The van der Waals surface area contributed by atoms with Gasteiger partial charge in [0.05, 0.1) is 0 Å². The van der Waals surface area contributed by atoms with Gasteiger partial charge in [-0.05, 0) is 19.9 Å². The summed E-state index contributed by atoms with van der Waals surface area (Å²) >= 11 is 0. The molecule has 1 unspecified atom stereocenters. The second kappa shape index (κ2) is 6.56. The van der Waals surface area contributed by atoms with E-state index in [4.69, 9.17) is 4.52 Å². The van der Waals surface area contributed by atoms with Crippen molar-refractivity contribution in [1.82, 2.24) is 20.4 Å². The van der Waals surface area contributed by atoms with Crippen molar-refractivity contribution in [2.24, 2.45) is 0 Å². The Kier molecular flexibility index (Phi) is 4.98. The highest BCUT2D eigenvalue weighted by Gasteiger charge is 2.24. The van der Waals surface area contributed by atoms with Gasteiger partial charge < -0.3 is 14.7 Å². The van der Waals surface area contributed by atoms with Crippen molar-refractivity contribution in [1.29, 1.82) is 0 Å². The number of likely N-dealkylation sites (tertiary alicyclic amines) is 1. The summed E-state index contributed by atoms with van der Waals surface area (Å²) in [6.45, 7) is 7.77. The van der Waals surface area contributed by atoms with Crippen LogP contribution in [0.25, 0.3) is 0 Å². The third kappa shape index (κ3) is 4.27. The van der Waals surface area contributed by atoms with Crippen LogP contribution in [-0.4, -0.2) is 47.1 Å². The summed E-state index contributed by atoms with van der Waals surface area (Å²) in [5.74, 6) is 1.42. The van der Waals surface area contributed by atoms with Crippen molar-refractivity contribution >= 4 is 5.91 Å². The van der Waals surface area contributed by atoms with Gasteiger partial charge in [0.15, 0.2) is 5.82 Å². The Hall–Kier alpha value is -1.43. The van der Waals surface area contributed by atoms with Crippen LogP contribution in [0, 0.1) is 0 Å². The largest absolute Gasteiger partial charge is 0.341 e. The smallest absolute Gasteiger partial charge is 0.227 e. The van der Waals surface area contributed by atoms with Crippen molar-refractivity contribution in [3.8, 4) is 0 Å². The van der Waals surface area contributed by atoms with Gasteiger partial charge in [-0.15, -0.1) is 0 Å². The van der Waals surface area contributed by atoms with Crippen molar-refractivity contribution in [2.75, 3.05) is 20.1 Å². The number of rotatable bonds is 4. The number of nitrogens with zero attached hydrogens (tertiary/aromatic N) is 3. The van der Waals surface area contributed by atoms with Crippen LogP contribution >= 0.6 is 0 Å². The number of likely N-dealkylation sites (N-methyl/N-ethyl adjacent to an activating group) is 1. The van der Waals surface area contributed by atoms with Gasteiger partial charge in [-0.1, -0.05) is 25.9 Å². The highest BCUT2D eigenvalue weighted by Crippen LogP contribution is 2.19. The van der Waals surface area contributed by atoms with Crippen LogP contribution in [0.2, 0.25) is 0 Å². The summed E-state index contributed by atoms with van der Waals surface area (Å²) in [6, 6.07) is 0.415. The molecule has 0 bridgehead atoms. The number of carbonyl (C=O) groups is 1. The minimum Gasteiger partial charge on any atom is -0.341 e. The van der Waals surface area contributed by atoms with Gasteiger partial charge >= 0.3 is 0 Å². The number of aromatic nitrogens is 2. The molecule has 118 valence electrons. The standard InChI is InChI=1S/C15H26N4O2/c1-15(2,3)14-17-12(21-18-14)7-8-13(20)19-9-5-6-11(10-19)16-4/h11,16H,5-10H2,1-4H3. The molecule has 6 nitrogen and oxygen atoms in total. The normalized spacial score (nSPS) is 19.8. The van der Waals surface area contributed by atoms with E-state index in [1.807, 2.05) is 32.7 Å². The zero-order valence-electron chi connectivity index (χ0n) is 13.5. The lowest BCUT2D eigenvalue weighted by Crippen LogP contribution is -2.47. The molecule has 1 aromatic heterocycles. The van der Waals surface area contributed by atoms with Crippen LogP contribution in [0.15, 0.2) is 4.52 Å². The van der Waals surface area contributed by atoms with Crippen LogP contribution in [-0.2, 0) is 16.6 Å². The maximum absolute atomic E-state index is 12.2. The van der Waals surface area contributed by atoms with E-state index in [2.05, 4.69) is 15.5 Å². The van der Waals surface area contributed by atoms with Crippen molar-refractivity contribution in [3.63, 3.8) is 0 Å². The van der Waals surface area contributed by atoms with Crippen LogP contribution < -0.4 is 5.32 Å². The van der Waals surface area contributed by atoms with Gasteiger partial charge in [0.25, 0.3) is 0 Å². The third-order valence-corrected chi connectivity index (χ3v) is 3.87. The maximum Gasteiger partial charge on any atom is 0.227 e. The Morgan fingerprint density at radius 1 is 1.48 bits per heavy atom. The fraction of sp³-hybridized carbons (Fsp3) is 0.800. The summed E-state index contributed by atoms with van der Waals surface area (Å²) in [6.07, 6.45) is 3.15. The average molecular weight is 294 g/mol. The summed E-state index contributed by atoms with van der Waals surface area (Å²) in [5.41, 5.74) is -0.126. The molecule has 2 heterocycles. The first-order chi connectivity index (χ1) is 9.90. The second-order valence-electron chi connectivity index (χ2n) is 6.73. The molecule has 21 heavy (non-hydrogen) atoms. The van der Waals surface area contributed by atoms with E-state index in [0.717, 1.165) is 25.9 Å². The Morgan fingerprint density at radius 3 is 2.86 bits per heavy atom. The molecule has 0 aliphatic carbocycles. The summed E-state index contributed by atoms with van der Waals surface area (Å²) < 4.78 is 5.23. The predicted molar refractivity (Wildman–Crippen MR) is 80.0 cm³/mol. The molecule has 2 rings (SSSR count). The number of aryl methyl sites for hydroxylation is 1. The Labute approximate surface area is 126 Å². The van der Waals surface area contributed by atoms with Gasteiger partial charge in [-0.3, -0.25) is 4.79 Å². The van der Waals surface area contributed by atoms with E-state index < -0.39 is 0 Å². The molecule has 1 aliphatic heterocycles. The van der Waals surface area contributed by atoms with Gasteiger partial charge in [-0.25, -0.2) is 0 Å². The van der Waals surface area contributed by atoms with Gasteiger partial charge in [-0.2, -0.15) is 4.98 Å². The maximum atomic E-state index is 12.2. The van der Waals surface area contributed by atoms with Crippen LogP contribution in [0.3, 0.4) is 0 Å². The van der Waals surface area contributed by atoms with Crippen molar-refractivity contribution in [2.45, 2.75) is 57.9 Å². The van der Waals surface area contributed by atoms with Crippen LogP contribution in [0.1, 0.15) is 51.7 Å². The molecule has 1 aliphatic rings. The third-order valence-electron chi connectivity index (χ3n) is 3.87. The Bertz CT molecular complexity index is 478. The van der Waals surface area contributed by atoms with Crippen LogP contribution in [0.5, 0.6) is 0 Å². The molecule has 0 spiro atoms. The molecule has 1 saturated heterocycles. The molecule has 1 fully saturated rings. The first kappa shape index (κ1) is 15.9. The molecule has 1 amide bonds. The van der Waals surface area contributed by atoms with E-state index in [1.54, 1.807) is 0 Å². The fourth-order valence-corrected chi connectivity index (χ4v) is 2.47. The minimum absolute atomic E-state index is 0.126. The quantitative estimate of drug-likeness (QED) is 0.911. The predicted octanol–water partition coefficient (Wildman–Crippen LogP) is 1.51. The number of nitrogens with one attached hydrogen (secondary N) is 1. The summed E-state index contributed by atoms with van der Waals surface area (Å²) in [4.78, 5) is 18.5. The Morgan fingerprint density at radius 2 is 2.24 bits per heavy atom. The molecule has 0 aromatic carbocycles. The average Bonchev–Trinajstić information content (AvgIpc) is 2.94. The molecule has 1 atom stereocenters. The molecular weight excluding hydrogens is 268 g/mol. The van der Waals surface area contributed by atoms with E-state index >= 15 is 0 Å². The lowest BCUT2D eigenvalue weighted by atomic mass is 9.96. The molecule has 0 saturated carbocycles. The van der Waals surface area contributed by atoms with Gasteiger partial charge in [0.2, 0.25) is 11.8 Å². The number of amides is 1. The second-order valence-corrected chi connectivity index (χ2v) is 6.73. The number of hydrogen-bond acceptors (Lipinski definition) is 5. The van der Waals surface area contributed by atoms with E-state index in [1.165, 1.54) is 0 Å². The molecule has 1 N–H and O–H groups in total. The van der Waals surface area contributed by atoms with E-state index in [9.17, 15) is 4.79 Å². The molecule has 0 radical (unpaired) electrons. The number of piperidine rings is 1. The lowest BCUT2D eigenvalue weighted by Gasteiger charge is -2.32. The highest BCUT2D eigenvalue weighted by atomic mass is 16.5. The molecular formula is C15H26N4O2. The van der Waals surface area contributed by atoms with Crippen molar-refractivity contribution < 1.29 is 9.32 Å². The Balaban J connectivity index is 1.85. The number of carbonyl (C=O) groups excluding carboxylic acids is 1. The monoisotopic (exact) mass is 294 g/mol. The van der Waals surface area contributed by atoms with Crippen molar-refractivity contribution in [3.05, 3.63) is 11.7 Å². The molecule has 1 aromatic rings. The zero-order chi connectivity index (χ0) is 15.5. The first-order valence-electron chi connectivity index (χ1n) is 7.68. The minimum atomic E-state index is -0.126.